The zero-order valence-electron chi connectivity index (χ0n) is 12.1. The highest BCUT2D eigenvalue weighted by atomic mass is 16.5. The Morgan fingerprint density at radius 1 is 1.43 bits per heavy atom. The van der Waals surface area contributed by atoms with Crippen LogP contribution >= 0.6 is 0 Å². The molecule has 0 aromatic heterocycles. The van der Waals surface area contributed by atoms with E-state index in [9.17, 15) is 4.79 Å². The molecule has 1 atom stereocenters. The minimum Gasteiger partial charge on any atom is -0.377 e. The van der Waals surface area contributed by atoms with Crippen LogP contribution in [0.5, 0.6) is 0 Å². The Labute approximate surface area is 125 Å². The molecule has 0 radical (unpaired) electrons. The van der Waals surface area contributed by atoms with Crippen molar-refractivity contribution in [1.82, 2.24) is 4.90 Å². The van der Waals surface area contributed by atoms with Crippen LogP contribution in [0.15, 0.2) is 35.9 Å². The van der Waals surface area contributed by atoms with Crippen molar-refractivity contribution < 1.29 is 9.53 Å². The molecular formula is C17H18N2O2. The maximum atomic E-state index is 12.4. The van der Waals surface area contributed by atoms with Gasteiger partial charge in [-0.1, -0.05) is 18.1 Å². The third kappa shape index (κ3) is 2.58. The van der Waals surface area contributed by atoms with Gasteiger partial charge in [-0.3, -0.25) is 14.6 Å². The van der Waals surface area contributed by atoms with Gasteiger partial charge in [0.05, 0.1) is 19.8 Å². The first-order valence-corrected chi connectivity index (χ1v) is 7.06. The van der Waals surface area contributed by atoms with E-state index < -0.39 is 0 Å². The molecule has 4 heteroatoms. The highest BCUT2D eigenvalue weighted by Crippen LogP contribution is 2.29. The van der Waals surface area contributed by atoms with Crippen LogP contribution in [-0.4, -0.2) is 43.8 Å². The second kappa shape index (κ2) is 5.72. The molecule has 108 valence electrons. The fraction of sp³-hybridized carbons (Fsp3) is 0.353. The van der Waals surface area contributed by atoms with Gasteiger partial charge in [-0.25, -0.2) is 0 Å². The maximum absolute atomic E-state index is 12.4. The summed E-state index contributed by atoms with van der Waals surface area (Å²) in [5.74, 6) is 2.71. The summed E-state index contributed by atoms with van der Waals surface area (Å²) in [5.41, 5.74) is 2.76. The first-order chi connectivity index (χ1) is 10.2. The summed E-state index contributed by atoms with van der Waals surface area (Å²) in [4.78, 5) is 16.3. The first-order valence-electron chi connectivity index (χ1n) is 7.06. The number of anilines is 1. The monoisotopic (exact) mass is 282 g/mol. The van der Waals surface area contributed by atoms with Gasteiger partial charge < -0.3 is 4.74 Å². The Kier molecular flexibility index (Phi) is 3.78. The standard InChI is InChI=1S/C17H18N2O2/c1-3-13-6-4-8-15(10-13)19-16(20)11-18(2)17(19)14-7-5-9-21-12-14/h1,4,6-8,10,17H,5,9,11-12H2,2H3/t17-/m0/s1. The van der Waals surface area contributed by atoms with Gasteiger partial charge in [-0.05, 0) is 37.2 Å². The summed E-state index contributed by atoms with van der Waals surface area (Å²) in [6, 6.07) is 7.56. The normalized spacial score (nSPS) is 23.0. The van der Waals surface area contributed by atoms with Gasteiger partial charge in [0.1, 0.15) is 6.17 Å². The van der Waals surface area contributed by atoms with Crippen LogP contribution in [0.2, 0.25) is 0 Å². The molecule has 0 spiro atoms. The second-order valence-corrected chi connectivity index (χ2v) is 5.37. The van der Waals surface area contributed by atoms with E-state index in [1.807, 2.05) is 41.1 Å². The van der Waals surface area contributed by atoms with E-state index in [1.165, 1.54) is 0 Å². The number of carbonyl (C=O) groups is 1. The van der Waals surface area contributed by atoms with Gasteiger partial charge in [-0.2, -0.15) is 0 Å². The number of benzene rings is 1. The highest BCUT2D eigenvalue weighted by molar-refractivity contribution is 5.98. The topological polar surface area (TPSA) is 32.8 Å². The molecule has 1 aromatic carbocycles. The fourth-order valence-electron chi connectivity index (χ4n) is 2.95. The Morgan fingerprint density at radius 2 is 2.29 bits per heavy atom. The largest absolute Gasteiger partial charge is 0.377 e. The summed E-state index contributed by atoms with van der Waals surface area (Å²) in [5, 5.41) is 0. The predicted molar refractivity (Wildman–Crippen MR) is 81.8 cm³/mol. The molecule has 1 saturated heterocycles. The smallest absolute Gasteiger partial charge is 0.242 e. The number of terminal acetylenes is 1. The first kappa shape index (κ1) is 13.9. The Hall–Kier alpha value is -2.09. The molecule has 1 amide bonds. The average Bonchev–Trinajstić information content (AvgIpc) is 2.82. The predicted octanol–water partition coefficient (Wildman–Crippen LogP) is 1.62. The SMILES string of the molecule is C#Cc1cccc(N2C(=O)CN(C)[C@@H]2C2=CCCOC2)c1. The lowest BCUT2D eigenvalue weighted by Gasteiger charge is -2.31. The average molecular weight is 282 g/mol. The van der Waals surface area contributed by atoms with Crippen LogP contribution in [0.4, 0.5) is 5.69 Å². The molecule has 0 bridgehead atoms. The van der Waals surface area contributed by atoms with Crippen molar-refractivity contribution in [2.75, 3.05) is 31.7 Å². The molecule has 21 heavy (non-hydrogen) atoms. The van der Waals surface area contributed by atoms with Crippen LogP contribution < -0.4 is 4.90 Å². The third-order valence-electron chi connectivity index (χ3n) is 3.88. The van der Waals surface area contributed by atoms with Crippen LogP contribution in [0.3, 0.4) is 0 Å². The summed E-state index contributed by atoms with van der Waals surface area (Å²) in [6.07, 6.45) is 8.46. The van der Waals surface area contributed by atoms with Gasteiger partial charge in [0.25, 0.3) is 0 Å². The molecule has 1 aromatic rings. The molecule has 4 nitrogen and oxygen atoms in total. The van der Waals surface area contributed by atoms with Crippen molar-refractivity contribution in [1.29, 1.82) is 0 Å². The Morgan fingerprint density at radius 3 is 3.00 bits per heavy atom. The molecule has 2 aliphatic rings. The number of likely N-dealkylation sites (N-methyl/N-ethyl adjacent to an activating group) is 1. The van der Waals surface area contributed by atoms with Crippen molar-refractivity contribution in [2.24, 2.45) is 0 Å². The van der Waals surface area contributed by atoms with Crippen LogP contribution in [-0.2, 0) is 9.53 Å². The third-order valence-corrected chi connectivity index (χ3v) is 3.88. The van der Waals surface area contributed by atoms with Crippen LogP contribution in [0, 0.1) is 12.3 Å². The van der Waals surface area contributed by atoms with Crippen molar-refractivity contribution >= 4 is 11.6 Å². The molecule has 0 unspecified atom stereocenters. The zero-order valence-corrected chi connectivity index (χ0v) is 12.1. The fourth-order valence-corrected chi connectivity index (χ4v) is 2.95. The lowest BCUT2D eigenvalue weighted by atomic mass is 10.1. The van der Waals surface area contributed by atoms with Crippen LogP contribution in [0.1, 0.15) is 12.0 Å². The quantitative estimate of drug-likeness (QED) is 0.610. The van der Waals surface area contributed by atoms with Gasteiger partial charge in [-0.15, -0.1) is 6.42 Å². The maximum Gasteiger partial charge on any atom is 0.242 e. The molecule has 1 fully saturated rings. The number of nitrogens with zero attached hydrogens (tertiary/aromatic N) is 2. The molecule has 0 saturated carbocycles. The highest BCUT2D eigenvalue weighted by Gasteiger charge is 2.39. The zero-order chi connectivity index (χ0) is 14.8. The van der Waals surface area contributed by atoms with E-state index in [2.05, 4.69) is 12.0 Å². The van der Waals surface area contributed by atoms with Gasteiger partial charge in [0.2, 0.25) is 5.91 Å². The van der Waals surface area contributed by atoms with E-state index >= 15 is 0 Å². The Bertz CT molecular complexity index is 630. The number of amides is 1. The molecule has 0 N–H and O–H groups in total. The number of hydrogen-bond acceptors (Lipinski definition) is 3. The number of hydrogen-bond donors (Lipinski definition) is 0. The van der Waals surface area contributed by atoms with Crippen molar-refractivity contribution in [2.45, 2.75) is 12.6 Å². The lowest BCUT2D eigenvalue weighted by molar-refractivity contribution is -0.116. The molecule has 2 heterocycles. The van der Waals surface area contributed by atoms with Crippen molar-refractivity contribution in [3.8, 4) is 12.3 Å². The summed E-state index contributed by atoms with van der Waals surface area (Å²) in [7, 11) is 1.96. The lowest BCUT2D eigenvalue weighted by Crippen LogP contribution is -2.41. The van der Waals surface area contributed by atoms with Crippen molar-refractivity contribution in [3.63, 3.8) is 0 Å². The van der Waals surface area contributed by atoms with Gasteiger partial charge in [0.15, 0.2) is 0 Å². The van der Waals surface area contributed by atoms with Crippen molar-refractivity contribution in [3.05, 3.63) is 41.5 Å². The van der Waals surface area contributed by atoms with E-state index in [-0.39, 0.29) is 12.1 Å². The van der Waals surface area contributed by atoms with Crippen LogP contribution in [0.25, 0.3) is 0 Å². The second-order valence-electron chi connectivity index (χ2n) is 5.37. The van der Waals surface area contributed by atoms with E-state index in [4.69, 9.17) is 11.2 Å². The summed E-state index contributed by atoms with van der Waals surface area (Å²) >= 11 is 0. The summed E-state index contributed by atoms with van der Waals surface area (Å²) < 4.78 is 5.54. The molecule has 0 aliphatic carbocycles. The number of ether oxygens (including phenoxy) is 1. The number of rotatable bonds is 2. The molecule has 2 aliphatic heterocycles. The Balaban J connectivity index is 1.99. The van der Waals surface area contributed by atoms with Gasteiger partial charge >= 0.3 is 0 Å². The van der Waals surface area contributed by atoms with Gasteiger partial charge in [0, 0.05) is 11.3 Å². The summed E-state index contributed by atoms with van der Waals surface area (Å²) in [6.45, 7) is 1.73. The van der Waals surface area contributed by atoms with E-state index in [1.54, 1.807) is 0 Å². The van der Waals surface area contributed by atoms with E-state index in [0.29, 0.717) is 13.2 Å². The molecular weight excluding hydrogens is 264 g/mol. The molecule has 3 rings (SSSR count). The minimum absolute atomic E-state index is 0.0779. The van der Waals surface area contributed by atoms with E-state index in [0.717, 1.165) is 29.9 Å². The number of carbonyl (C=O) groups excluding carboxylic acids is 1. The minimum atomic E-state index is -0.0779.